The maximum Gasteiger partial charge on any atom is 0.159 e. The van der Waals surface area contributed by atoms with Gasteiger partial charge in [-0.15, -0.1) is 0 Å². The van der Waals surface area contributed by atoms with Crippen LogP contribution in [0.15, 0.2) is 54.6 Å². The van der Waals surface area contributed by atoms with Crippen molar-refractivity contribution in [2.45, 2.75) is 65.2 Å². The summed E-state index contributed by atoms with van der Waals surface area (Å²) in [5, 5.41) is 0. The number of hydrogen-bond donors (Lipinski definition) is 0. The predicted molar refractivity (Wildman–Crippen MR) is 116 cm³/mol. The maximum atomic E-state index is 12.2. The van der Waals surface area contributed by atoms with E-state index < -0.39 is 0 Å². The molecule has 1 unspecified atom stereocenters. The SMILES string of the molecule is CCC(C)CCCCc1ccc(OC2=CC(=O)CCCc3ccccc32)cc1. The van der Waals surface area contributed by atoms with Gasteiger partial charge in [0.05, 0.1) is 0 Å². The first-order valence-corrected chi connectivity index (χ1v) is 10.8. The Morgan fingerprint density at radius 1 is 1.00 bits per heavy atom. The molecule has 28 heavy (non-hydrogen) atoms. The average molecular weight is 377 g/mol. The molecule has 2 aromatic rings. The van der Waals surface area contributed by atoms with Gasteiger partial charge in [0.1, 0.15) is 11.5 Å². The van der Waals surface area contributed by atoms with Crippen LogP contribution in [0.4, 0.5) is 0 Å². The zero-order valence-electron chi connectivity index (χ0n) is 17.2. The molecule has 0 saturated heterocycles. The van der Waals surface area contributed by atoms with Gasteiger partial charge in [0.25, 0.3) is 0 Å². The number of allylic oxidation sites excluding steroid dienone is 1. The van der Waals surface area contributed by atoms with Crippen LogP contribution < -0.4 is 4.74 Å². The van der Waals surface area contributed by atoms with Crippen LogP contribution in [-0.4, -0.2) is 5.78 Å². The molecule has 148 valence electrons. The van der Waals surface area contributed by atoms with Gasteiger partial charge in [0.2, 0.25) is 0 Å². The normalized spacial score (nSPS) is 15.2. The van der Waals surface area contributed by atoms with Gasteiger partial charge in [-0.1, -0.05) is 69.5 Å². The Hall–Kier alpha value is -2.35. The molecule has 0 aromatic heterocycles. The molecule has 0 heterocycles. The van der Waals surface area contributed by atoms with Gasteiger partial charge in [-0.2, -0.15) is 0 Å². The van der Waals surface area contributed by atoms with Crippen molar-refractivity contribution in [1.29, 1.82) is 0 Å². The molecule has 2 nitrogen and oxygen atoms in total. The fourth-order valence-corrected chi connectivity index (χ4v) is 3.69. The Kier molecular flexibility index (Phi) is 7.47. The van der Waals surface area contributed by atoms with E-state index in [1.54, 1.807) is 6.08 Å². The van der Waals surface area contributed by atoms with Gasteiger partial charge in [-0.3, -0.25) is 4.79 Å². The van der Waals surface area contributed by atoms with Gasteiger partial charge in [0, 0.05) is 18.1 Å². The Morgan fingerprint density at radius 2 is 1.79 bits per heavy atom. The van der Waals surface area contributed by atoms with Gasteiger partial charge in [0.15, 0.2) is 5.78 Å². The Balaban J connectivity index is 1.64. The molecular weight excluding hydrogens is 344 g/mol. The van der Waals surface area contributed by atoms with E-state index in [2.05, 4.69) is 38.1 Å². The van der Waals surface area contributed by atoms with Gasteiger partial charge in [-0.05, 0) is 54.9 Å². The lowest BCUT2D eigenvalue weighted by Crippen LogP contribution is -2.07. The minimum absolute atomic E-state index is 0.141. The number of rotatable bonds is 8. The number of benzene rings is 2. The van der Waals surface area contributed by atoms with E-state index in [-0.39, 0.29) is 5.78 Å². The summed E-state index contributed by atoms with van der Waals surface area (Å²) in [5.74, 6) is 2.43. The standard InChI is InChI=1S/C26H32O2/c1-3-20(2)9-4-5-10-21-15-17-24(18-16-21)28-26-19-23(27)13-8-12-22-11-6-7-14-25(22)26/h6-7,11,14-20H,3-5,8-10,12-13H2,1-2H3. The van der Waals surface area contributed by atoms with Crippen LogP contribution >= 0.6 is 0 Å². The smallest absolute Gasteiger partial charge is 0.159 e. The van der Waals surface area contributed by atoms with Crippen molar-refractivity contribution in [3.05, 3.63) is 71.3 Å². The van der Waals surface area contributed by atoms with Gasteiger partial charge < -0.3 is 4.74 Å². The first-order valence-electron chi connectivity index (χ1n) is 10.8. The number of ketones is 1. The van der Waals surface area contributed by atoms with Crippen LogP contribution in [0, 0.1) is 5.92 Å². The van der Waals surface area contributed by atoms with E-state index in [4.69, 9.17) is 4.74 Å². The number of carbonyl (C=O) groups is 1. The number of ether oxygens (including phenoxy) is 1. The summed E-state index contributed by atoms with van der Waals surface area (Å²) in [5.41, 5.74) is 3.63. The second kappa shape index (κ2) is 10.3. The first kappa shape index (κ1) is 20.4. The van der Waals surface area contributed by atoms with Crippen molar-refractivity contribution in [3.8, 4) is 5.75 Å². The van der Waals surface area contributed by atoms with Crippen LogP contribution in [0.3, 0.4) is 0 Å². The Labute approximate surface area is 169 Å². The third kappa shape index (κ3) is 5.82. The first-order chi connectivity index (χ1) is 13.7. The highest BCUT2D eigenvalue weighted by atomic mass is 16.5. The molecule has 1 aliphatic rings. The van der Waals surface area contributed by atoms with E-state index in [0.717, 1.165) is 36.5 Å². The summed E-state index contributed by atoms with van der Waals surface area (Å²) >= 11 is 0. The third-order valence-corrected chi connectivity index (χ3v) is 5.70. The highest BCUT2D eigenvalue weighted by molar-refractivity contribution is 5.96. The average Bonchev–Trinajstić information content (AvgIpc) is 2.71. The van der Waals surface area contributed by atoms with Crippen molar-refractivity contribution in [3.63, 3.8) is 0 Å². The zero-order chi connectivity index (χ0) is 19.8. The molecule has 2 aromatic carbocycles. The fraction of sp³-hybridized carbons (Fsp3) is 0.423. The summed E-state index contributed by atoms with van der Waals surface area (Å²) in [6, 6.07) is 16.6. The lowest BCUT2D eigenvalue weighted by molar-refractivity contribution is -0.114. The van der Waals surface area contributed by atoms with E-state index in [1.165, 1.54) is 36.8 Å². The Morgan fingerprint density at radius 3 is 2.57 bits per heavy atom. The van der Waals surface area contributed by atoms with E-state index in [0.29, 0.717) is 12.2 Å². The highest BCUT2D eigenvalue weighted by Gasteiger charge is 2.15. The molecule has 0 aliphatic heterocycles. The number of aryl methyl sites for hydroxylation is 2. The molecule has 0 radical (unpaired) electrons. The lowest BCUT2D eigenvalue weighted by atomic mass is 9.96. The Bertz CT molecular complexity index is 801. The molecule has 0 fully saturated rings. The minimum Gasteiger partial charge on any atom is -0.457 e. The number of unbranched alkanes of at least 4 members (excludes halogenated alkanes) is 1. The van der Waals surface area contributed by atoms with E-state index >= 15 is 0 Å². The molecule has 0 N–H and O–H groups in total. The maximum absolute atomic E-state index is 12.2. The monoisotopic (exact) mass is 376 g/mol. The molecule has 0 saturated carbocycles. The summed E-state index contributed by atoms with van der Waals surface area (Å²) in [6.45, 7) is 4.60. The molecular formula is C26H32O2. The van der Waals surface area contributed by atoms with Gasteiger partial charge >= 0.3 is 0 Å². The van der Waals surface area contributed by atoms with Crippen LogP contribution in [0.2, 0.25) is 0 Å². The molecule has 1 atom stereocenters. The quantitative estimate of drug-likeness (QED) is 0.475. The number of fused-ring (bicyclic) bond motifs is 1. The number of hydrogen-bond acceptors (Lipinski definition) is 2. The second-order valence-corrected chi connectivity index (χ2v) is 7.99. The zero-order valence-corrected chi connectivity index (χ0v) is 17.2. The summed E-state index contributed by atoms with van der Waals surface area (Å²) < 4.78 is 6.15. The molecule has 0 spiro atoms. The van der Waals surface area contributed by atoms with Crippen molar-refractivity contribution in [2.75, 3.05) is 0 Å². The van der Waals surface area contributed by atoms with E-state index in [1.807, 2.05) is 24.3 Å². The van der Waals surface area contributed by atoms with Crippen LogP contribution in [-0.2, 0) is 17.6 Å². The topological polar surface area (TPSA) is 26.3 Å². The molecule has 1 aliphatic carbocycles. The third-order valence-electron chi connectivity index (χ3n) is 5.70. The van der Waals surface area contributed by atoms with Crippen molar-refractivity contribution in [1.82, 2.24) is 0 Å². The van der Waals surface area contributed by atoms with Crippen molar-refractivity contribution >= 4 is 11.5 Å². The molecule has 0 amide bonds. The highest BCUT2D eigenvalue weighted by Crippen LogP contribution is 2.27. The van der Waals surface area contributed by atoms with Crippen LogP contribution in [0.1, 0.15) is 69.1 Å². The molecule has 2 heteroatoms. The van der Waals surface area contributed by atoms with Gasteiger partial charge in [-0.25, -0.2) is 0 Å². The summed E-state index contributed by atoms with van der Waals surface area (Å²) in [7, 11) is 0. The van der Waals surface area contributed by atoms with Crippen LogP contribution in [0.25, 0.3) is 5.76 Å². The molecule has 0 bridgehead atoms. The number of carbonyl (C=O) groups excluding carboxylic acids is 1. The second-order valence-electron chi connectivity index (χ2n) is 7.99. The summed E-state index contributed by atoms with van der Waals surface area (Å²) in [6.07, 6.45) is 10.3. The predicted octanol–water partition coefficient (Wildman–Crippen LogP) is 6.77. The lowest BCUT2D eigenvalue weighted by Gasteiger charge is -2.16. The van der Waals surface area contributed by atoms with Crippen molar-refractivity contribution < 1.29 is 9.53 Å². The summed E-state index contributed by atoms with van der Waals surface area (Å²) in [4.78, 5) is 12.2. The largest absolute Gasteiger partial charge is 0.457 e. The van der Waals surface area contributed by atoms with Crippen molar-refractivity contribution in [2.24, 2.45) is 5.92 Å². The minimum atomic E-state index is 0.141. The van der Waals surface area contributed by atoms with Crippen LogP contribution in [0.5, 0.6) is 5.75 Å². The van der Waals surface area contributed by atoms with E-state index in [9.17, 15) is 4.79 Å². The molecule has 3 rings (SSSR count). The fourth-order valence-electron chi connectivity index (χ4n) is 3.69.